The van der Waals surface area contributed by atoms with Gasteiger partial charge in [0.2, 0.25) is 5.91 Å². The van der Waals surface area contributed by atoms with Crippen LogP contribution in [-0.4, -0.2) is 46.6 Å². The van der Waals surface area contributed by atoms with Gasteiger partial charge in [-0.3, -0.25) is 4.79 Å². The summed E-state index contributed by atoms with van der Waals surface area (Å²) in [5.41, 5.74) is 3.11. The SMILES string of the molecule is COC(=O)N[C@H](C(=O)N1CCC[C@H]1c1ncc(-c2cc(F)c(I)c(-c3ccccc3)c2)[nH]1)C(C)C. The molecule has 0 spiro atoms. The van der Waals surface area contributed by atoms with E-state index < -0.39 is 12.1 Å². The third kappa shape index (κ3) is 5.34. The van der Waals surface area contributed by atoms with Gasteiger partial charge in [-0.1, -0.05) is 44.2 Å². The number of hydrogen-bond acceptors (Lipinski definition) is 4. The molecule has 0 aliphatic carbocycles. The van der Waals surface area contributed by atoms with Gasteiger partial charge in [-0.15, -0.1) is 0 Å². The van der Waals surface area contributed by atoms with Crippen molar-refractivity contribution < 1.29 is 18.7 Å². The summed E-state index contributed by atoms with van der Waals surface area (Å²) < 4.78 is 20.1. The molecule has 0 saturated carbocycles. The number of rotatable bonds is 6. The van der Waals surface area contributed by atoms with Crippen LogP contribution in [-0.2, 0) is 9.53 Å². The van der Waals surface area contributed by atoms with Crippen molar-refractivity contribution in [3.63, 3.8) is 0 Å². The molecule has 7 nitrogen and oxygen atoms in total. The Balaban J connectivity index is 1.61. The third-order valence-corrected chi connectivity index (χ3v) is 7.36. The lowest BCUT2D eigenvalue weighted by Crippen LogP contribution is -2.51. The topological polar surface area (TPSA) is 87.3 Å². The molecule has 2 heterocycles. The number of carbonyl (C=O) groups excluding carboxylic acids is 2. The maximum atomic E-state index is 14.8. The van der Waals surface area contributed by atoms with E-state index in [1.807, 2.05) is 72.8 Å². The highest BCUT2D eigenvalue weighted by atomic mass is 127. The second-order valence-electron chi connectivity index (χ2n) is 8.92. The fraction of sp³-hybridized carbons (Fsp3) is 0.346. The normalized spacial score (nSPS) is 16.4. The monoisotopic (exact) mass is 590 g/mol. The molecular formula is C26H28FIN4O3. The van der Waals surface area contributed by atoms with Crippen LogP contribution >= 0.6 is 22.6 Å². The molecule has 3 aromatic rings. The molecule has 0 bridgehead atoms. The van der Waals surface area contributed by atoms with Crippen molar-refractivity contribution in [2.24, 2.45) is 5.92 Å². The minimum atomic E-state index is -0.698. The van der Waals surface area contributed by atoms with E-state index in [9.17, 15) is 14.0 Å². The molecule has 1 saturated heterocycles. The Kier molecular flexibility index (Phi) is 7.73. The Labute approximate surface area is 217 Å². The minimum absolute atomic E-state index is 0.110. The number of methoxy groups -OCH3 is 1. The fourth-order valence-electron chi connectivity index (χ4n) is 4.42. The predicted molar refractivity (Wildman–Crippen MR) is 140 cm³/mol. The number of nitrogens with one attached hydrogen (secondary N) is 2. The molecule has 2 aromatic carbocycles. The Morgan fingerprint density at radius 2 is 1.97 bits per heavy atom. The summed E-state index contributed by atoms with van der Waals surface area (Å²) in [6.07, 6.45) is 2.62. The molecule has 4 rings (SSSR count). The van der Waals surface area contributed by atoms with Crippen molar-refractivity contribution in [1.82, 2.24) is 20.2 Å². The Morgan fingerprint density at radius 3 is 2.66 bits per heavy atom. The molecule has 2 N–H and O–H groups in total. The van der Waals surface area contributed by atoms with E-state index >= 15 is 0 Å². The smallest absolute Gasteiger partial charge is 0.407 e. The zero-order valence-electron chi connectivity index (χ0n) is 19.8. The molecule has 2 amide bonds. The first kappa shape index (κ1) is 25.2. The lowest BCUT2D eigenvalue weighted by atomic mass is 10.0. The van der Waals surface area contributed by atoms with E-state index in [2.05, 4.69) is 15.3 Å². The van der Waals surface area contributed by atoms with E-state index in [1.165, 1.54) is 13.2 Å². The molecule has 9 heteroatoms. The van der Waals surface area contributed by atoms with Crippen molar-refractivity contribution >= 4 is 34.6 Å². The van der Waals surface area contributed by atoms with Gasteiger partial charge in [0.1, 0.15) is 17.7 Å². The van der Waals surface area contributed by atoms with Gasteiger partial charge < -0.3 is 19.9 Å². The molecule has 1 aromatic heterocycles. The summed E-state index contributed by atoms with van der Waals surface area (Å²) in [5, 5.41) is 2.65. The summed E-state index contributed by atoms with van der Waals surface area (Å²) in [4.78, 5) is 34.8. The van der Waals surface area contributed by atoms with Gasteiger partial charge in [-0.25, -0.2) is 14.2 Å². The number of hydrogen-bond donors (Lipinski definition) is 2. The first-order valence-corrected chi connectivity index (χ1v) is 12.6. The number of nitrogens with zero attached hydrogens (tertiary/aromatic N) is 2. The average Bonchev–Trinajstić information content (AvgIpc) is 3.53. The van der Waals surface area contributed by atoms with Crippen molar-refractivity contribution in [1.29, 1.82) is 0 Å². The number of aromatic nitrogens is 2. The third-order valence-electron chi connectivity index (χ3n) is 6.26. The second kappa shape index (κ2) is 10.8. The molecule has 2 atom stereocenters. The van der Waals surface area contributed by atoms with Crippen LogP contribution in [0.2, 0.25) is 0 Å². The number of imidazole rings is 1. The van der Waals surface area contributed by atoms with E-state index in [0.717, 1.165) is 24.0 Å². The molecule has 1 aliphatic heterocycles. The zero-order valence-corrected chi connectivity index (χ0v) is 22.0. The largest absolute Gasteiger partial charge is 0.453 e. The second-order valence-corrected chi connectivity index (χ2v) is 9.99. The van der Waals surface area contributed by atoms with Crippen molar-refractivity contribution in [2.45, 2.75) is 38.8 Å². The van der Waals surface area contributed by atoms with Crippen LogP contribution in [0.4, 0.5) is 9.18 Å². The van der Waals surface area contributed by atoms with Crippen LogP contribution < -0.4 is 5.32 Å². The highest BCUT2D eigenvalue weighted by Gasteiger charge is 2.37. The van der Waals surface area contributed by atoms with Crippen LogP contribution in [0.25, 0.3) is 22.4 Å². The number of likely N-dealkylation sites (tertiary alicyclic amines) is 1. The number of H-pyrrole nitrogens is 1. The number of aromatic amines is 1. The lowest BCUT2D eigenvalue weighted by Gasteiger charge is -2.30. The summed E-state index contributed by atoms with van der Waals surface area (Å²) in [6.45, 7) is 4.33. The lowest BCUT2D eigenvalue weighted by molar-refractivity contribution is -0.135. The molecule has 0 unspecified atom stereocenters. The first-order valence-electron chi connectivity index (χ1n) is 11.5. The summed E-state index contributed by atoms with van der Waals surface area (Å²) in [7, 11) is 1.27. The molecule has 184 valence electrons. The molecular weight excluding hydrogens is 562 g/mol. The molecule has 35 heavy (non-hydrogen) atoms. The van der Waals surface area contributed by atoms with Gasteiger partial charge >= 0.3 is 6.09 Å². The van der Waals surface area contributed by atoms with E-state index in [4.69, 9.17) is 4.74 Å². The maximum absolute atomic E-state index is 14.8. The van der Waals surface area contributed by atoms with E-state index in [0.29, 0.717) is 27.2 Å². The number of halogens is 2. The number of alkyl carbamates (subject to hydrolysis) is 1. The number of carbonyl (C=O) groups is 2. The Hall–Kier alpha value is -2.95. The number of benzene rings is 2. The van der Waals surface area contributed by atoms with Crippen LogP contribution in [0.3, 0.4) is 0 Å². The molecule has 1 fully saturated rings. The quantitative estimate of drug-likeness (QED) is 0.370. The minimum Gasteiger partial charge on any atom is -0.453 e. The number of ether oxygens (including phenoxy) is 1. The Bertz CT molecular complexity index is 1210. The van der Waals surface area contributed by atoms with Gasteiger partial charge in [-0.2, -0.15) is 0 Å². The summed E-state index contributed by atoms with van der Waals surface area (Å²) in [5.74, 6) is 0.0646. The molecule has 0 radical (unpaired) electrons. The van der Waals surface area contributed by atoms with Crippen LogP contribution in [0.5, 0.6) is 0 Å². The molecule has 1 aliphatic rings. The van der Waals surface area contributed by atoms with E-state index in [1.54, 1.807) is 11.1 Å². The highest BCUT2D eigenvalue weighted by molar-refractivity contribution is 14.1. The zero-order chi connectivity index (χ0) is 25.1. The van der Waals surface area contributed by atoms with Crippen LogP contribution in [0.15, 0.2) is 48.7 Å². The first-order chi connectivity index (χ1) is 16.8. The van der Waals surface area contributed by atoms with Gasteiger partial charge in [0.25, 0.3) is 0 Å². The van der Waals surface area contributed by atoms with Crippen molar-refractivity contribution in [2.75, 3.05) is 13.7 Å². The van der Waals surface area contributed by atoms with Gasteiger partial charge in [0.05, 0.1) is 28.6 Å². The standard InChI is InChI=1S/C26H28FIN4O3/c1-15(2)23(31-26(34)35-3)25(33)32-11-7-10-21(32)24-29-14-20(30-24)17-12-18(22(28)19(27)13-17)16-8-5-4-6-9-16/h4-6,8-9,12-15,21,23H,7,10-11H2,1-3H3,(H,29,30)(H,31,34)/t21-,23-/m0/s1. The summed E-state index contributed by atoms with van der Waals surface area (Å²) in [6, 6.07) is 12.2. The predicted octanol–water partition coefficient (Wildman–Crippen LogP) is 5.53. The highest BCUT2D eigenvalue weighted by Crippen LogP contribution is 2.35. The van der Waals surface area contributed by atoms with Crippen LogP contribution in [0, 0.1) is 15.3 Å². The van der Waals surface area contributed by atoms with Gasteiger partial charge in [0, 0.05) is 12.1 Å². The van der Waals surface area contributed by atoms with Crippen molar-refractivity contribution in [3.05, 3.63) is 63.9 Å². The van der Waals surface area contributed by atoms with Gasteiger partial charge in [-0.05, 0) is 64.6 Å². The maximum Gasteiger partial charge on any atom is 0.407 e. The van der Waals surface area contributed by atoms with Gasteiger partial charge in [0.15, 0.2) is 0 Å². The number of amides is 2. The summed E-state index contributed by atoms with van der Waals surface area (Å²) >= 11 is 2.03. The average molecular weight is 590 g/mol. The van der Waals surface area contributed by atoms with E-state index in [-0.39, 0.29) is 23.7 Å². The fourth-order valence-corrected chi connectivity index (χ4v) is 5.04. The Morgan fingerprint density at radius 1 is 1.23 bits per heavy atom. The van der Waals surface area contributed by atoms with Crippen molar-refractivity contribution in [3.8, 4) is 22.4 Å². The van der Waals surface area contributed by atoms with Crippen LogP contribution in [0.1, 0.15) is 38.6 Å².